The van der Waals surface area contributed by atoms with E-state index in [-0.39, 0.29) is 5.63 Å². The maximum absolute atomic E-state index is 12.2. The summed E-state index contributed by atoms with van der Waals surface area (Å²) >= 11 is 0. The first-order valence-electron chi connectivity index (χ1n) is 8.58. The third-order valence-electron chi connectivity index (χ3n) is 4.75. The molecule has 1 atom stereocenters. The van der Waals surface area contributed by atoms with Crippen LogP contribution in [0.1, 0.15) is 34.8 Å². The highest BCUT2D eigenvalue weighted by Gasteiger charge is 2.26. The summed E-state index contributed by atoms with van der Waals surface area (Å²) in [5, 5.41) is 10.4. The van der Waals surface area contributed by atoms with Gasteiger partial charge in [-0.2, -0.15) is 0 Å². The molecule has 5 heteroatoms. The van der Waals surface area contributed by atoms with E-state index in [1.807, 2.05) is 13.0 Å². The Morgan fingerprint density at radius 2 is 1.88 bits per heavy atom. The number of ether oxygens (including phenoxy) is 1. The van der Waals surface area contributed by atoms with E-state index in [1.54, 1.807) is 36.4 Å². The van der Waals surface area contributed by atoms with Gasteiger partial charge < -0.3 is 14.3 Å². The zero-order chi connectivity index (χ0) is 18.3. The number of carboxylic acids is 1. The molecule has 1 N–H and O–H groups in total. The van der Waals surface area contributed by atoms with Crippen molar-refractivity contribution in [2.75, 3.05) is 0 Å². The van der Waals surface area contributed by atoms with Crippen LogP contribution in [-0.4, -0.2) is 11.1 Å². The van der Waals surface area contributed by atoms with Gasteiger partial charge in [0.2, 0.25) is 6.10 Å². The zero-order valence-corrected chi connectivity index (χ0v) is 14.3. The average molecular weight is 350 g/mol. The standard InChI is InChI=1S/C21H18O5/c1-12-10-16(25-19(20(22)23)13-6-3-2-4-7-13)18-14-8-5-9-15(14)21(24)26-17(18)11-12/h2-4,6-7,10-11,19H,5,8-9H2,1H3,(H,22,23). The molecule has 0 saturated heterocycles. The van der Waals surface area contributed by atoms with Crippen LogP contribution in [0, 0.1) is 6.92 Å². The summed E-state index contributed by atoms with van der Waals surface area (Å²) in [5.74, 6) is -0.627. The first-order valence-corrected chi connectivity index (χ1v) is 8.58. The maximum Gasteiger partial charge on any atom is 0.349 e. The van der Waals surface area contributed by atoms with Crippen molar-refractivity contribution >= 4 is 16.9 Å². The van der Waals surface area contributed by atoms with Gasteiger partial charge in [0.15, 0.2) is 0 Å². The Morgan fingerprint density at radius 1 is 1.15 bits per heavy atom. The Kier molecular flexibility index (Phi) is 3.99. The molecule has 2 aromatic carbocycles. The highest BCUT2D eigenvalue weighted by molar-refractivity contribution is 5.89. The predicted octanol–water partition coefficient (Wildman–Crippen LogP) is 3.79. The van der Waals surface area contributed by atoms with E-state index in [9.17, 15) is 14.7 Å². The molecule has 26 heavy (non-hydrogen) atoms. The van der Waals surface area contributed by atoms with Crippen molar-refractivity contribution in [2.45, 2.75) is 32.3 Å². The first-order chi connectivity index (χ1) is 12.5. The summed E-state index contributed by atoms with van der Waals surface area (Å²) in [6.45, 7) is 1.86. The van der Waals surface area contributed by atoms with Crippen molar-refractivity contribution in [1.29, 1.82) is 0 Å². The van der Waals surface area contributed by atoms with E-state index in [4.69, 9.17) is 9.15 Å². The number of rotatable bonds is 4. The van der Waals surface area contributed by atoms with Crippen LogP contribution in [0.25, 0.3) is 11.0 Å². The van der Waals surface area contributed by atoms with Gasteiger partial charge in [-0.25, -0.2) is 9.59 Å². The fourth-order valence-electron chi connectivity index (χ4n) is 3.61. The van der Waals surface area contributed by atoms with E-state index >= 15 is 0 Å². The van der Waals surface area contributed by atoms with Crippen molar-refractivity contribution in [1.82, 2.24) is 0 Å². The van der Waals surface area contributed by atoms with Crippen molar-refractivity contribution in [2.24, 2.45) is 0 Å². The number of aryl methyl sites for hydroxylation is 2. The molecule has 0 bridgehead atoms. The fraction of sp³-hybridized carbons (Fsp3) is 0.238. The van der Waals surface area contributed by atoms with Crippen molar-refractivity contribution in [3.8, 4) is 5.75 Å². The van der Waals surface area contributed by atoms with Gasteiger partial charge in [-0.3, -0.25) is 0 Å². The summed E-state index contributed by atoms with van der Waals surface area (Å²) in [6.07, 6.45) is 1.19. The molecule has 1 aliphatic carbocycles. The van der Waals surface area contributed by atoms with E-state index in [1.165, 1.54) is 0 Å². The number of aliphatic carboxylic acids is 1. The number of hydrogen-bond donors (Lipinski definition) is 1. The minimum absolute atomic E-state index is 0.306. The molecule has 132 valence electrons. The molecule has 3 aromatic rings. The normalized spacial score (nSPS) is 14.2. The van der Waals surface area contributed by atoms with Gasteiger partial charge in [0.25, 0.3) is 0 Å². The third-order valence-corrected chi connectivity index (χ3v) is 4.75. The van der Waals surface area contributed by atoms with Crippen LogP contribution < -0.4 is 10.4 Å². The Balaban J connectivity index is 1.90. The zero-order valence-electron chi connectivity index (χ0n) is 14.3. The summed E-state index contributed by atoms with van der Waals surface area (Å²) in [7, 11) is 0. The third kappa shape index (κ3) is 2.75. The quantitative estimate of drug-likeness (QED) is 0.724. The molecule has 1 aliphatic rings. The monoisotopic (exact) mass is 350 g/mol. The molecule has 0 fully saturated rings. The summed E-state index contributed by atoms with van der Waals surface area (Å²) in [6, 6.07) is 12.4. The molecular formula is C21H18O5. The smallest absolute Gasteiger partial charge is 0.349 e. The van der Waals surface area contributed by atoms with Crippen molar-refractivity contribution in [3.63, 3.8) is 0 Å². The Bertz CT molecular complexity index is 1050. The van der Waals surface area contributed by atoms with Crippen LogP contribution in [0.15, 0.2) is 51.7 Å². The van der Waals surface area contributed by atoms with Gasteiger partial charge in [0.1, 0.15) is 11.3 Å². The van der Waals surface area contributed by atoms with E-state index in [2.05, 4.69) is 0 Å². The lowest BCUT2D eigenvalue weighted by atomic mass is 10.0. The molecule has 1 unspecified atom stereocenters. The molecule has 4 rings (SSSR count). The SMILES string of the molecule is Cc1cc(OC(C(=O)O)c2ccccc2)c2c3c(c(=O)oc2c1)CCC3. The lowest BCUT2D eigenvalue weighted by Crippen LogP contribution is -2.18. The van der Waals surface area contributed by atoms with Crippen LogP contribution in [0.3, 0.4) is 0 Å². The molecule has 1 aromatic heterocycles. The number of benzene rings is 2. The largest absolute Gasteiger partial charge is 0.478 e. The lowest BCUT2D eigenvalue weighted by Gasteiger charge is -2.18. The molecule has 1 heterocycles. The van der Waals surface area contributed by atoms with Crippen LogP contribution in [0.4, 0.5) is 0 Å². The fourth-order valence-corrected chi connectivity index (χ4v) is 3.61. The molecule has 5 nitrogen and oxygen atoms in total. The minimum Gasteiger partial charge on any atom is -0.478 e. The van der Waals surface area contributed by atoms with Crippen molar-refractivity contribution < 1.29 is 19.1 Å². The topological polar surface area (TPSA) is 76.7 Å². The number of hydrogen-bond acceptors (Lipinski definition) is 4. The van der Waals surface area contributed by atoms with E-state index < -0.39 is 12.1 Å². The highest BCUT2D eigenvalue weighted by Crippen LogP contribution is 2.37. The molecular weight excluding hydrogens is 332 g/mol. The Hall–Kier alpha value is -3.08. The lowest BCUT2D eigenvalue weighted by molar-refractivity contribution is -0.145. The van der Waals surface area contributed by atoms with Crippen LogP contribution in [0.2, 0.25) is 0 Å². The first kappa shape index (κ1) is 16.4. The highest BCUT2D eigenvalue weighted by atomic mass is 16.5. The van der Waals surface area contributed by atoms with Crippen LogP contribution in [-0.2, 0) is 17.6 Å². The molecule has 0 radical (unpaired) electrons. The molecule has 0 aliphatic heterocycles. The van der Waals surface area contributed by atoms with E-state index in [0.29, 0.717) is 34.3 Å². The van der Waals surface area contributed by atoms with Gasteiger partial charge in [-0.1, -0.05) is 30.3 Å². The second-order valence-electron chi connectivity index (χ2n) is 6.58. The van der Waals surface area contributed by atoms with Gasteiger partial charge in [0, 0.05) is 11.1 Å². The van der Waals surface area contributed by atoms with Gasteiger partial charge in [-0.05, 0) is 49.4 Å². The predicted molar refractivity (Wildman–Crippen MR) is 96.7 cm³/mol. The van der Waals surface area contributed by atoms with E-state index in [0.717, 1.165) is 24.0 Å². The maximum atomic E-state index is 12.2. The molecule has 0 saturated carbocycles. The summed E-state index contributed by atoms with van der Waals surface area (Å²) < 4.78 is 11.5. The van der Waals surface area contributed by atoms with Gasteiger partial charge >= 0.3 is 11.6 Å². The Labute approximate surface area is 149 Å². The van der Waals surface area contributed by atoms with Gasteiger partial charge in [0.05, 0.1) is 5.39 Å². The minimum atomic E-state index is -1.13. The van der Waals surface area contributed by atoms with Gasteiger partial charge in [-0.15, -0.1) is 0 Å². The Morgan fingerprint density at radius 3 is 2.62 bits per heavy atom. The number of carbonyl (C=O) groups is 1. The summed E-state index contributed by atoms with van der Waals surface area (Å²) in [4.78, 5) is 24.0. The average Bonchev–Trinajstić information content (AvgIpc) is 3.10. The van der Waals surface area contributed by atoms with Crippen LogP contribution in [0.5, 0.6) is 5.75 Å². The van der Waals surface area contributed by atoms with Crippen molar-refractivity contribution in [3.05, 3.63) is 75.1 Å². The number of fused-ring (bicyclic) bond motifs is 3. The number of carboxylic acid groups (broad SMARTS) is 1. The van der Waals surface area contributed by atoms with Crippen LogP contribution >= 0.6 is 0 Å². The molecule has 0 spiro atoms. The second-order valence-corrected chi connectivity index (χ2v) is 6.58. The molecule has 0 amide bonds. The summed E-state index contributed by atoms with van der Waals surface area (Å²) in [5.41, 5.74) is 3.14. The second kappa shape index (κ2) is 6.33.